The summed E-state index contributed by atoms with van der Waals surface area (Å²) in [6, 6.07) is 5.36. The second kappa shape index (κ2) is 3.61. The van der Waals surface area contributed by atoms with E-state index in [9.17, 15) is 9.59 Å². The zero-order valence-corrected chi connectivity index (χ0v) is 8.28. The topological polar surface area (TPSA) is 66.4 Å². The molecule has 0 unspecified atom stereocenters. The van der Waals surface area contributed by atoms with Crippen LogP contribution in [0.15, 0.2) is 29.2 Å². The minimum absolute atomic E-state index is 0.133. The van der Waals surface area contributed by atoms with Crippen molar-refractivity contribution < 1.29 is 4.79 Å². The third-order valence-corrected chi connectivity index (χ3v) is 2.18. The van der Waals surface area contributed by atoms with Crippen LogP contribution in [0.25, 0.3) is 5.52 Å². The standard InChI is InChI=1S/C10H11N3O2/c1-7(14)11-6-8-2-3-9-4-5-12-13(9)10(8)15/h2-5,12H,6H2,1H3,(H,11,14). The van der Waals surface area contributed by atoms with E-state index >= 15 is 0 Å². The molecule has 5 heteroatoms. The summed E-state index contributed by atoms with van der Waals surface area (Å²) in [7, 11) is 0. The first kappa shape index (κ1) is 9.51. The van der Waals surface area contributed by atoms with Crippen molar-refractivity contribution in [1.82, 2.24) is 14.9 Å². The molecular formula is C10H11N3O2. The van der Waals surface area contributed by atoms with Gasteiger partial charge < -0.3 is 5.32 Å². The van der Waals surface area contributed by atoms with E-state index in [2.05, 4.69) is 10.4 Å². The van der Waals surface area contributed by atoms with Crippen LogP contribution in [0.5, 0.6) is 0 Å². The molecule has 0 saturated carbocycles. The zero-order valence-electron chi connectivity index (χ0n) is 8.28. The van der Waals surface area contributed by atoms with Crippen molar-refractivity contribution >= 4 is 11.4 Å². The molecule has 0 atom stereocenters. The number of hydrogen-bond donors (Lipinski definition) is 2. The summed E-state index contributed by atoms with van der Waals surface area (Å²) in [6.45, 7) is 1.68. The molecule has 0 aromatic carbocycles. The van der Waals surface area contributed by atoms with Gasteiger partial charge in [0, 0.05) is 25.2 Å². The number of aromatic amines is 1. The van der Waals surface area contributed by atoms with Gasteiger partial charge in [0.15, 0.2) is 0 Å². The number of hydrogen-bond acceptors (Lipinski definition) is 2. The summed E-state index contributed by atoms with van der Waals surface area (Å²) < 4.78 is 1.44. The number of pyridine rings is 1. The number of fused-ring (bicyclic) bond motifs is 1. The summed E-state index contributed by atoms with van der Waals surface area (Å²) in [4.78, 5) is 22.5. The van der Waals surface area contributed by atoms with Gasteiger partial charge in [-0.1, -0.05) is 0 Å². The van der Waals surface area contributed by atoms with Crippen LogP contribution in [0, 0.1) is 0 Å². The van der Waals surface area contributed by atoms with E-state index in [-0.39, 0.29) is 18.0 Å². The van der Waals surface area contributed by atoms with E-state index in [0.29, 0.717) is 5.56 Å². The fourth-order valence-corrected chi connectivity index (χ4v) is 1.41. The largest absolute Gasteiger partial charge is 0.352 e. The fourth-order valence-electron chi connectivity index (χ4n) is 1.41. The Morgan fingerprint density at radius 1 is 1.47 bits per heavy atom. The van der Waals surface area contributed by atoms with Gasteiger partial charge in [-0.2, -0.15) is 0 Å². The zero-order chi connectivity index (χ0) is 10.8. The quantitative estimate of drug-likeness (QED) is 0.738. The highest BCUT2D eigenvalue weighted by Crippen LogP contribution is 1.99. The highest BCUT2D eigenvalue weighted by Gasteiger charge is 2.03. The monoisotopic (exact) mass is 205 g/mol. The Morgan fingerprint density at radius 3 is 3.00 bits per heavy atom. The Balaban J connectivity index is 2.40. The Morgan fingerprint density at radius 2 is 2.27 bits per heavy atom. The number of rotatable bonds is 2. The van der Waals surface area contributed by atoms with Crippen LogP contribution >= 0.6 is 0 Å². The molecule has 5 nitrogen and oxygen atoms in total. The van der Waals surface area contributed by atoms with E-state index in [0.717, 1.165) is 5.52 Å². The molecule has 2 rings (SSSR count). The summed E-state index contributed by atoms with van der Waals surface area (Å²) in [6.07, 6.45) is 1.69. The smallest absolute Gasteiger partial charge is 0.274 e. The van der Waals surface area contributed by atoms with Gasteiger partial charge in [-0.25, -0.2) is 4.52 Å². The molecular weight excluding hydrogens is 194 g/mol. The maximum Gasteiger partial charge on any atom is 0.274 e. The Labute approximate surface area is 85.7 Å². The van der Waals surface area contributed by atoms with E-state index in [1.54, 1.807) is 12.3 Å². The molecule has 1 amide bonds. The van der Waals surface area contributed by atoms with Gasteiger partial charge in [-0.05, 0) is 18.2 Å². The molecule has 2 aromatic heterocycles. The molecule has 0 saturated heterocycles. The van der Waals surface area contributed by atoms with E-state index in [4.69, 9.17) is 0 Å². The van der Waals surface area contributed by atoms with Gasteiger partial charge in [-0.3, -0.25) is 14.7 Å². The molecule has 2 aromatic rings. The average molecular weight is 205 g/mol. The summed E-state index contributed by atoms with van der Waals surface area (Å²) in [5, 5.41) is 5.40. The van der Waals surface area contributed by atoms with Crippen LogP contribution in [0.2, 0.25) is 0 Å². The lowest BCUT2D eigenvalue weighted by atomic mass is 10.2. The lowest BCUT2D eigenvalue weighted by Gasteiger charge is -2.02. The van der Waals surface area contributed by atoms with Crippen molar-refractivity contribution in [2.24, 2.45) is 0 Å². The average Bonchev–Trinajstić information content (AvgIpc) is 2.65. The number of amides is 1. The maximum atomic E-state index is 11.8. The number of carbonyl (C=O) groups excluding carboxylic acids is 1. The Kier molecular flexibility index (Phi) is 2.29. The minimum atomic E-state index is -0.147. The molecule has 0 spiro atoms. The maximum absolute atomic E-state index is 11.8. The summed E-state index contributed by atoms with van der Waals surface area (Å²) >= 11 is 0. The first-order valence-corrected chi connectivity index (χ1v) is 4.61. The SMILES string of the molecule is CC(=O)NCc1ccc2cc[nH]n2c1=O. The highest BCUT2D eigenvalue weighted by molar-refractivity contribution is 5.72. The summed E-state index contributed by atoms with van der Waals surface area (Å²) in [5.41, 5.74) is 1.24. The number of H-pyrrole nitrogens is 1. The highest BCUT2D eigenvalue weighted by atomic mass is 16.1. The van der Waals surface area contributed by atoms with Crippen molar-refractivity contribution in [3.05, 3.63) is 40.3 Å². The number of nitrogens with zero attached hydrogens (tertiary/aromatic N) is 1. The minimum Gasteiger partial charge on any atom is -0.352 e. The van der Waals surface area contributed by atoms with Crippen LogP contribution < -0.4 is 10.9 Å². The molecule has 2 N–H and O–H groups in total. The molecule has 0 aliphatic carbocycles. The van der Waals surface area contributed by atoms with Gasteiger partial charge in [0.2, 0.25) is 5.91 Å². The van der Waals surface area contributed by atoms with Crippen LogP contribution in [0.1, 0.15) is 12.5 Å². The molecule has 0 bridgehead atoms. The normalized spacial score (nSPS) is 10.5. The number of nitrogens with one attached hydrogen (secondary N) is 2. The molecule has 0 aliphatic rings. The first-order valence-electron chi connectivity index (χ1n) is 4.61. The lowest BCUT2D eigenvalue weighted by molar-refractivity contribution is -0.119. The number of carbonyl (C=O) groups is 1. The van der Waals surface area contributed by atoms with Gasteiger partial charge in [-0.15, -0.1) is 0 Å². The second-order valence-corrected chi connectivity index (χ2v) is 3.30. The van der Waals surface area contributed by atoms with Crippen molar-refractivity contribution in [2.45, 2.75) is 13.5 Å². The van der Waals surface area contributed by atoms with Crippen molar-refractivity contribution in [3.8, 4) is 0 Å². The molecule has 15 heavy (non-hydrogen) atoms. The molecule has 0 fully saturated rings. The predicted octanol–water partition coefficient (Wildman–Crippen LogP) is 0.264. The van der Waals surface area contributed by atoms with Gasteiger partial charge in [0.1, 0.15) is 0 Å². The van der Waals surface area contributed by atoms with Crippen LogP contribution in [-0.4, -0.2) is 15.5 Å². The van der Waals surface area contributed by atoms with Crippen LogP contribution in [0.3, 0.4) is 0 Å². The Bertz CT molecular complexity index is 553. The molecule has 0 radical (unpaired) electrons. The number of aromatic nitrogens is 2. The van der Waals surface area contributed by atoms with Crippen LogP contribution in [0.4, 0.5) is 0 Å². The predicted molar refractivity (Wildman–Crippen MR) is 55.5 cm³/mol. The Hall–Kier alpha value is -2.04. The van der Waals surface area contributed by atoms with Gasteiger partial charge in [0.05, 0.1) is 5.52 Å². The molecule has 78 valence electrons. The molecule has 2 heterocycles. The van der Waals surface area contributed by atoms with E-state index < -0.39 is 0 Å². The molecule has 0 aliphatic heterocycles. The van der Waals surface area contributed by atoms with Crippen LogP contribution in [-0.2, 0) is 11.3 Å². The third kappa shape index (κ3) is 1.76. The summed E-state index contributed by atoms with van der Waals surface area (Å²) in [5.74, 6) is -0.147. The second-order valence-electron chi connectivity index (χ2n) is 3.30. The third-order valence-electron chi connectivity index (χ3n) is 2.18. The van der Waals surface area contributed by atoms with Crippen molar-refractivity contribution in [3.63, 3.8) is 0 Å². The van der Waals surface area contributed by atoms with Crippen molar-refractivity contribution in [2.75, 3.05) is 0 Å². The first-order chi connectivity index (χ1) is 7.18. The van der Waals surface area contributed by atoms with Gasteiger partial charge >= 0.3 is 0 Å². The van der Waals surface area contributed by atoms with Gasteiger partial charge in [0.25, 0.3) is 5.56 Å². The van der Waals surface area contributed by atoms with E-state index in [1.165, 1.54) is 11.4 Å². The fraction of sp³-hybridized carbons (Fsp3) is 0.200. The van der Waals surface area contributed by atoms with Crippen molar-refractivity contribution in [1.29, 1.82) is 0 Å². The lowest BCUT2D eigenvalue weighted by Crippen LogP contribution is -2.26. The van der Waals surface area contributed by atoms with E-state index in [1.807, 2.05) is 12.1 Å².